The molecule has 0 fully saturated rings. The highest BCUT2D eigenvalue weighted by Crippen LogP contribution is 2.17. The Labute approximate surface area is 131 Å². The Balaban J connectivity index is 2.34. The fourth-order valence-corrected chi connectivity index (χ4v) is 1.95. The number of carbonyl (C=O) groups excluding carboxylic acids is 1. The molecule has 1 aromatic carbocycles. The molecule has 0 saturated heterocycles. The number of nitrogens with one attached hydrogen (secondary N) is 2. The number of nitrogens with zero attached hydrogens (tertiary/aromatic N) is 2. The Morgan fingerprint density at radius 2 is 1.77 bits per heavy atom. The SMILES string of the molecule is CCCNC(=O)c1cc(NCCC)nc(-c2ccccc2)n1. The first kappa shape index (κ1) is 15.9. The van der Waals surface area contributed by atoms with Gasteiger partial charge in [-0.15, -0.1) is 0 Å². The minimum Gasteiger partial charge on any atom is -0.370 e. The van der Waals surface area contributed by atoms with Gasteiger partial charge in [-0.25, -0.2) is 9.97 Å². The molecule has 0 spiro atoms. The molecule has 0 unspecified atom stereocenters. The number of carbonyl (C=O) groups is 1. The number of aromatic nitrogens is 2. The summed E-state index contributed by atoms with van der Waals surface area (Å²) in [4.78, 5) is 21.1. The van der Waals surface area contributed by atoms with Gasteiger partial charge in [0.2, 0.25) is 0 Å². The second kappa shape index (κ2) is 8.12. The van der Waals surface area contributed by atoms with E-state index in [1.165, 1.54) is 0 Å². The summed E-state index contributed by atoms with van der Waals surface area (Å²) in [7, 11) is 0. The van der Waals surface area contributed by atoms with Crippen LogP contribution in [0.15, 0.2) is 36.4 Å². The molecule has 5 heteroatoms. The van der Waals surface area contributed by atoms with Crippen LogP contribution < -0.4 is 10.6 Å². The minimum absolute atomic E-state index is 0.166. The van der Waals surface area contributed by atoms with E-state index >= 15 is 0 Å². The Hall–Kier alpha value is -2.43. The van der Waals surface area contributed by atoms with Crippen LogP contribution in [0, 0.1) is 0 Å². The molecule has 0 radical (unpaired) electrons. The zero-order valence-electron chi connectivity index (χ0n) is 13.1. The van der Waals surface area contributed by atoms with E-state index in [4.69, 9.17) is 0 Å². The zero-order valence-corrected chi connectivity index (χ0v) is 13.1. The Bertz CT molecular complexity index is 613. The van der Waals surface area contributed by atoms with Crippen molar-refractivity contribution in [2.45, 2.75) is 26.7 Å². The van der Waals surface area contributed by atoms with Crippen LogP contribution in [0.4, 0.5) is 5.82 Å². The molecule has 0 aliphatic carbocycles. The lowest BCUT2D eigenvalue weighted by Crippen LogP contribution is -2.25. The van der Waals surface area contributed by atoms with Crippen molar-refractivity contribution in [3.63, 3.8) is 0 Å². The van der Waals surface area contributed by atoms with Gasteiger partial charge in [-0.3, -0.25) is 4.79 Å². The van der Waals surface area contributed by atoms with Gasteiger partial charge in [-0.2, -0.15) is 0 Å². The van der Waals surface area contributed by atoms with Crippen LogP contribution in [0.25, 0.3) is 11.4 Å². The molecular weight excluding hydrogens is 276 g/mol. The maximum absolute atomic E-state index is 12.2. The van der Waals surface area contributed by atoms with E-state index in [0.29, 0.717) is 23.9 Å². The van der Waals surface area contributed by atoms with Crippen molar-refractivity contribution in [2.75, 3.05) is 18.4 Å². The lowest BCUT2D eigenvalue weighted by atomic mass is 10.2. The largest absolute Gasteiger partial charge is 0.370 e. The molecule has 2 rings (SSSR count). The molecule has 1 heterocycles. The summed E-state index contributed by atoms with van der Waals surface area (Å²) in [6.45, 7) is 5.55. The highest BCUT2D eigenvalue weighted by Gasteiger charge is 2.12. The van der Waals surface area contributed by atoms with E-state index in [2.05, 4.69) is 27.5 Å². The van der Waals surface area contributed by atoms with E-state index in [1.807, 2.05) is 37.3 Å². The molecule has 22 heavy (non-hydrogen) atoms. The summed E-state index contributed by atoms with van der Waals surface area (Å²) in [5, 5.41) is 6.08. The molecule has 0 saturated carbocycles. The van der Waals surface area contributed by atoms with Crippen LogP contribution in [-0.2, 0) is 0 Å². The molecule has 5 nitrogen and oxygen atoms in total. The molecule has 116 valence electrons. The maximum Gasteiger partial charge on any atom is 0.270 e. The zero-order chi connectivity index (χ0) is 15.8. The maximum atomic E-state index is 12.2. The van der Waals surface area contributed by atoms with Gasteiger partial charge in [-0.05, 0) is 12.8 Å². The van der Waals surface area contributed by atoms with Crippen LogP contribution in [0.2, 0.25) is 0 Å². The molecule has 2 aromatic rings. The van der Waals surface area contributed by atoms with Gasteiger partial charge < -0.3 is 10.6 Å². The second-order valence-corrected chi connectivity index (χ2v) is 5.01. The summed E-state index contributed by atoms with van der Waals surface area (Å²) in [6.07, 6.45) is 1.88. The van der Waals surface area contributed by atoms with Gasteiger partial charge in [0.15, 0.2) is 5.82 Å². The topological polar surface area (TPSA) is 66.9 Å². The summed E-state index contributed by atoms with van der Waals surface area (Å²) >= 11 is 0. The third-order valence-corrected chi connectivity index (χ3v) is 3.08. The molecule has 1 aromatic heterocycles. The second-order valence-electron chi connectivity index (χ2n) is 5.01. The number of rotatable bonds is 7. The van der Waals surface area contributed by atoms with Gasteiger partial charge in [-0.1, -0.05) is 44.2 Å². The summed E-state index contributed by atoms with van der Waals surface area (Å²) < 4.78 is 0. The first-order valence-corrected chi connectivity index (χ1v) is 7.71. The standard InChI is InChI=1S/C17H22N4O/c1-3-10-18-15-12-14(17(22)19-11-4-2)20-16(21-15)13-8-6-5-7-9-13/h5-9,12H,3-4,10-11H2,1-2H3,(H,19,22)(H,18,20,21). The average molecular weight is 298 g/mol. The van der Waals surface area contributed by atoms with Gasteiger partial charge >= 0.3 is 0 Å². The lowest BCUT2D eigenvalue weighted by molar-refractivity contribution is 0.0948. The van der Waals surface area contributed by atoms with Crippen molar-refractivity contribution in [3.8, 4) is 11.4 Å². The van der Waals surface area contributed by atoms with E-state index in [1.54, 1.807) is 6.07 Å². The normalized spacial score (nSPS) is 10.3. The number of amides is 1. The van der Waals surface area contributed by atoms with Crippen molar-refractivity contribution < 1.29 is 4.79 Å². The molecule has 0 aliphatic heterocycles. The Kier molecular flexibility index (Phi) is 5.89. The first-order chi connectivity index (χ1) is 10.7. The van der Waals surface area contributed by atoms with Crippen molar-refractivity contribution in [1.82, 2.24) is 15.3 Å². The van der Waals surface area contributed by atoms with Crippen molar-refractivity contribution >= 4 is 11.7 Å². The van der Waals surface area contributed by atoms with Crippen LogP contribution >= 0.6 is 0 Å². The molecule has 0 bridgehead atoms. The quantitative estimate of drug-likeness (QED) is 0.824. The van der Waals surface area contributed by atoms with Crippen LogP contribution in [0.1, 0.15) is 37.2 Å². The van der Waals surface area contributed by atoms with Crippen LogP contribution in [-0.4, -0.2) is 29.0 Å². The van der Waals surface area contributed by atoms with E-state index in [9.17, 15) is 4.79 Å². The summed E-state index contributed by atoms with van der Waals surface area (Å²) in [5.74, 6) is 1.07. The number of anilines is 1. The van der Waals surface area contributed by atoms with E-state index in [0.717, 1.165) is 24.9 Å². The third-order valence-electron chi connectivity index (χ3n) is 3.08. The van der Waals surface area contributed by atoms with E-state index in [-0.39, 0.29) is 5.91 Å². The fraction of sp³-hybridized carbons (Fsp3) is 0.353. The van der Waals surface area contributed by atoms with E-state index < -0.39 is 0 Å². The smallest absolute Gasteiger partial charge is 0.270 e. The van der Waals surface area contributed by atoms with Crippen molar-refractivity contribution in [2.24, 2.45) is 0 Å². The first-order valence-electron chi connectivity index (χ1n) is 7.71. The predicted octanol–water partition coefficient (Wildman–Crippen LogP) is 3.11. The fourth-order valence-electron chi connectivity index (χ4n) is 1.95. The molecule has 0 aliphatic rings. The third kappa shape index (κ3) is 4.28. The van der Waals surface area contributed by atoms with Crippen LogP contribution in [0.5, 0.6) is 0 Å². The Morgan fingerprint density at radius 1 is 1.05 bits per heavy atom. The summed E-state index contributed by atoms with van der Waals surface area (Å²) in [6, 6.07) is 11.4. The number of hydrogen-bond acceptors (Lipinski definition) is 4. The average Bonchev–Trinajstić information content (AvgIpc) is 2.58. The Morgan fingerprint density at radius 3 is 2.45 bits per heavy atom. The van der Waals surface area contributed by atoms with Crippen LogP contribution in [0.3, 0.4) is 0 Å². The van der Waals surface area contributed by atoms with Crippen molar-refractivity contribution in [3.05, 3.63) is 42.1 Å². The highest BCUT2D eigenvalue weighted by atomic mass is 16.1. The lowest BCUT2D eigenvalue weighted by Gasteiger charge is -2.10. The molecule has 0 atom stereocenters. The number of benzene rings is 1. The van der Waals surface area contributed by atoms with Gasteiger partial charge in [0.25, 0.3) is 5.91 Å². The van der Waals surface area contributed by atoms with Gasteiger partial charge in [0.1, 0.15) is 11.5 Å². The number of hydrogen-bond donors (Lipinski definition) is 2. The van der Waals surface area contributed by atoms with Crippen molar-refractivity contribution in [1.29, 1.82) is 0 Å². The van der Waals surface area contributed by atoms with Gasteiger partial charge in [0.05, 0.1) is 0 Å². The highest BCUT2D eigenvalue weighted by molar-refractivity contribution is 5.93. The molecular formula is C17H22N4O. The summed E-state index contributed by atoms with van der Waals surface area (Å²) in [5.41, 5.74) is 1.29. The van der Waals surface area contributed by atoms with Gasteiger partial charge in [0, 0.05) is 24.7 Å². The monoisotopic (exact) mass is 298 g/mol. The molecule has 2 N–H and O–H groups in total. The molecule has 1 amide bonds. The predicted molar refractivity (Wildman–Crippen MR) is 88.9 cm³/mol. The minimum atomic E-state index is -0.166.